The highest BCUT2D eigenvalue weighted by Crippen LogP contribution is 2.36. The zero-order valence-corrected chi connectivity index (χ0v) is 16.8. The summed E-state index contributed by atoms with van der Waals surface area (Å²) in [5.41, 5.74) is 1.26. The van der Waals surface area contributed by atoms with Crippen LogP contribution in [-0.4, -0.2) is 46.5 Å². The van der Waals surface area contributed by atoms with Crippen LogP contribution in [0.1, 0.15) is 29.7 Å². The molecule has 0 aliphatic carbocycles. The Morgan fingerprint density at radius 1 is 1.31 bits per heavy atom. The maximum Gasteiger partial charge on any atom is 0.262 e. The summed E-state index contributed by atoms with van der Waals surface area (Å²) in [5, 5.41) is 4.10. The van der Waals surface area contributed by atoms with Crippen molar-refractivity contribution in [3.8, 4) is 0 Å². The van der Waals surface area contributed by atoms with Gasteiger partial charge < -0.3 is 10.2 Å². The number of carbonyl (C=O) groups excluding carboxylic acids is 1. The van der Waals surface area contributed by atoms with Gasteiger partial charge in [-0.05, 0) is 50.6 Å². The van der Waals surface area contributed by atoms with E-state index in [-0.39, 0.29) is 30.4 Å². The highest BCUT2D eigenvalue weighted by molar-refractivity contribution is 7.18. The van der Waals surface area contributed by atoms with Crippen LogP contribution in [0.25, 0.3) is 10.2 Å². The summed E-state index contributed by atoms with van der Waals surface area (Å²) in [6, 6.07) is 0. The van der Waals surface area contributed by atoms with Crippen molar-refractivity contribution in [2.75, 3.05) is 26.2 Å². The first kappa shape index (κ1) is 19.3. The van der Waals surface area contributed by atoms with E-state index in [4.69, 9.17) is 0 Å². The van der Waals surface area contributed by atoms with E-state index >= 15 is 0 Å². The Balaban J connectivity index is 0.00000196. The lowest BCUT2D eigenvalue weighted by Gasteiger charge is -2.38. The lowest BCUT2D eigenvalue weighted by Crippen LogP contribution is -2.45. The molecule has 0 radical (unpaired) electrons. The number of likely N-dealkylation sites (tertiary alicyclic amines) is 1. The fourth-order valence-corrected chi connectivity index (χ4v) is 5.07. The third kappa shape index (κ3) is 3.28. The van der Waals surface area contributed by atoms with Gasteiger partial charge in [-0.2, -0.15) is 0 Å². The monoisotopic (exact) mass is 396 g/mol. The Kier molecular flexibility index (Phi) is 5.42. The molecule has 1 spiro atoms. The van der Waals surface area contributed by atoms with Crippen molar-refractivity contribution in [1.29, 1.82) is 0 Å². The average molecular weight is 397 g/mol. The lowest BCUT2D eigenvalue weighted by atomic mass is 9.78. The summed E-state index contributed by atoms with van der Waals surface area (Å²) in [6.45, 7) is 7.78. The molecule has 1 N–H and O–H groups in total. The van der Waals surface area contributed by atoms with Gasteiger partial charge in [0.1, 0.15) is 11.4 Å². The number of hydrogen-bond acceptors (Lipinski definition) is 5. The van der Waals surface area contributed by atoms with E-state index in [0.29, 0.717) is 10.8 Å². The van der Waals surface area contributed by atoms with E-state index in [1.54, 1.807) is 0 Å². The zero-order valence-electron chi connectivity index (χ0n) is 15.2. The van der Waals surface area contributed by atoms with Crippen molar-refractivity contribution in [2.45, 2.75) is 39.7 Å². The Bertz CT molecular complexity index is 875. The number of carbonyl (C=O) groups is 1. The zero-order chi connectivity index (χ0) is 17.6. The second-order valence-electron chi connectivity index (χ2n) is 7.45. The number of thiophene rings is 1. The minimum atomic E-state index is -0.103. The number of nitrogens with one attached hydrogen (secondary N) is 1. The Labute approximate surface area is 163 Å². The molecule has 142 valence electrons. The van der Waals surface area contributed by atoms with Crippen molar-refractivity contribution in [1.82, 2.24) is 19.8 Å². The van der Waals surface area contributed by atoms with E-state index in [9.17, 15) is 9.59 Å². The molecular formula is C18H25ClN4O2S. The Morgan fingerprint density at radius 2 is 2.04 bits per heavy atom. The van der Waals surface area contributed by atoms with Gasteiger partial charge >= 0.3 is 0 Å². The summed E-state index contributed by atoms with van der Waals surface area (Å²) in [4.78, 5) is 33.6. The predicted molar refractivity (Wildman–Crippen MR) is 106 cm³/mol. The number of hydrogen-bond donors (Lipinski definition) is 1. The Morgan fingerprint density at radius 3 is 2.69 bits per heavy atom. The molecule has 2 aromatic heterocycles. The molecule has 2 saturated heterocycles. The molecule has 4 heterocycles. The molecular weight excluding hydrogens is 372 g/mol. The largest absolute Gasteiger partial charge is 0.341 e. The van der Waals surface area contributed by atoms with Crippen LogP contribution in [0, 0.1) is 19.3 Å². The molecule has 8 heteroatoms. The lowest BCUT2D eigenvalue weighted by molar-refractivity contribution is -0.134. The first-order valence-electron chi connectivity index (χ1n) is 8.93. The number of piperidine rings is 1. The number of rotatable bonds is 2. The van der Waals surface area contributed by atoms with Gasteiger partial charge in [0.05, 0.1) is 11.7 Å². The molecule has 0 unspecified atom stereocenters. The van der Waals surface area contributed by atoms with Gasteiger partial charge in [0.25, 0.3) is 5.56 Å². The number of aromatic nitrogens is 2. The molecule has 26 heavy (non-hydrogen) atoms. The van der Waals surface area contributed by atoms with Gasteiger partial charge in [0.2, 0.25) is 5.91 Å². The summed E-state index contributed by atoms with van der Waals surface area (Å²) in [5.74, 6) is 0.0219. The van der Waals surface area contributed by atoms with Crippen LogP contribution in [0.2, 0.25) is 0 Å². The predicted octanol–water partition coefficient (Wildman–Crippen LogP) is 2.10. The number of fused-ring (bicyclic) bond motifs is 1. The second-order valence-corrected chi connectivity index (χ2v) is 8.65. The van der Waals surface area contributed by atoms with E-state index < -0.39 is 0 Å². The normalized spacial score (nSPS) is 19.1. The third-order valence-corrected chi connectivity index (χ3v) is 7.09. The van der Waals surface area contributed by atoms with Gasteiger partial charge in [-0.3, -0.25) is 14.2 Å². The van der Waals surface area contributed by atoms with Crippen molar-refractivity contribution in [2.24, 2.45) is 5.41 Å². The summed E-state index contributed by atoms with van der Waals surface area (Å²) >= 11 is 1.53. The van der Waals surface area contributed by atoms with E-state index in [1.165, 1.54) is 28.7 Å². The van der Waals surface area contributed by atoms with Gasteiger partial charge in [-0.1, -0.05) is 0 Å². The van der Waals surface area contributed by atoms with Crippen molar-refractivity contribution in [3.63, 3.8) is 0 Å². The van der Waals surface area contributed by atoms with E-state index in [0.717, 1.165) is 54.3 Å². The maximum absolute atomic E-state index is 12.7. The van der Waals surface area contributed by atoms with E-state index in [2.05, 4.69) is 10.3 Å². The fourth-order valence-electron chi connectivity index (χ4n) is 4.08. The van der Waals surface area contributed by atoms with Crippen LogP contribution in [0.15, 0.2) is 11.1 Å². The van der Waals surface area contributed by atoms with Crippen LogP contribution in [0.4, 0.5) is 0 Å². The molecule has 0 atom stereocenters. The van der Waals surface area contributed by atoms with E-state index in [1.807, 2.05) is 18.7 Å². The number of nitrogens with zero attached hydrogens (tertiary/aromatic N) is 3. The fraction of sp³-hybridized carbons (Fsp3) is 0.611. The van der Waals surface area contributed by atoms with Crippen molar-refractivity contribution < 1.29 is 4.79 Å². The second kappa shape index (κ2) is 7.29. The average Bonchev–Trinajstić information content (AvgIpc) is 3.16. The molecule has 0 saturated carbocycles. The van der Waals surface area contributed by atoms with Crippen LogP contribution in [0.3, 0.4) is 0 Å². The molecule has 2 aliphatic rings. The standard InChI is InChI=1S/C18H24N4O2S.ClH/c1-12-13(2)25-16-15(12)17(24)22(11-20-16)9-14(23)21-7-4-18(5-8-21)3-6-19-10-18;/h11,19H,3-10H2,1-2H3;1H. The number of amides is 1. The molecule has 6 nitrogen and oxygen atoms in total. The maximum atomic E-state index is 12.7. The number of halogens is 1. The first-order valence-corrected chi connectivity index (χ1v) is 9.74. The molecule has 0 aromatic carbocycles. The quantitative estimate of drug-likeness (QED) is 0.844. The number of aryl methyl sites for hydroxylation is 2. The Hall–Kier alpha value is -1.44. The van der Waals surface area contributed by atoms with Crippen LogP contribution >= 0.6 is 23.7 Å². The molecule has 4 rings (SSSR count). The van der Waals surface area contributed by atoms with Gasteiger partial charge in [0, 0.05) is 24.5 Å². The highest BCUT2D eigenvalue weighted by Gasteiger charge is 2.38. The molecule has 2 aromatic rings. The van der Waals surface area contributed by atoms with Crippen molar-refractivity contribution in [3.05, 3.63) is 27.1 Å². The minimum absolute atomic E-state index is 0. The van der Waals surface area contributed by atoms with Crippen LogP contribution < -0.4 is 10.9 Å². The molecule has 2 fully saturated rings. The first-order chi connectivity index (χ1) is 12.0. The topological polar surface area (TPSA) is 67.2 Å². The summed E-state index contributed by atoms with van der Waals surface area (Å²) in [7, 11) is 0. The minimum Gasteiger partial charge on any atom is -0.341 e. The van der Waals surface area contributed by atoms with Gasteiger partial charge in [0.15, 0.2) is 0 Å². The summed E-state index contributed by atoms with van der Waals surface area (Å²) in [6.07, 6.45) is 4.84. The molecule has 1 amide bonds. The highest BCUT2D eigenvalue weighted by atomic mass is 35.5. The SMILES string of the molecule is Cc1sc2ncn(CC(=O)N3CCC4(CCNC4)CC3)c(=O)c2c1C.Cl. The van der Waals surface area contributed by atoms with Crippen LogP contribution in [0.5, 0.6) is 0 Å². The third-order valence-electron chi connectivity index (χ3n) is 5.97. The molecule has 0 bridgehead atoms. The van der Waals surface area contributed by atoms with Gasteiger partial charge in [-0.15, -0.1) is 23.7 Å². The van der Waals surface area contributed by atoms with Gasteiger partial charge in [-0.25, -0.2) is 4.98 Å². The smallest absolute Gasteiger partial charge is 0.262 e. The van der Waals surface area contributed by atoms with Crippen LogP contribution in [-0.2, 0) is 11.3 Å². The molecule has 2 aliphatic heterocycles. The van der Waals surface area contributed by atoms with Crippen molar-refractivity contribution >= 4 is 39.9 Å². The summed E-state index contributed by atoms with van der Waals surface area (Å²) < 4.78 is 1.46.